The summed E-state index contributed by atoms with van der Waals surface area (Å²) in [6.45, 7) is 2.17. The fourth-order valence-electron chi connectivity index (χ4n) is 3.19. The highest BCUT2D eigenvalue weighted by atomic mass is 15.1. The van der Waals surface area contributed by atoms with Crippen LogP contribution in [0.2, 0.25) is 0 Å². The van der Waals surface area contributed by atoms with E-state index in [4.69, 9.17) is 10.7 Å². The van der Waals surface area contributed by atoms with E-state index in [1.54, 1.807) is 0 Å². The van der Waals surface area contributed by atoms with Gasteiger partial charge in [0.15, 0.2) is 0 Å². The molecule has 0 spiro atoms. The van der Waals surface area contributed by atoms with Gasteiger partial charge >= 0.3 is 0 Å². The lowest BCUT2D eigenvalue weighted by molar-refractivity contribution is 0.635. The number of imidazole rings is 1. The van der Waals surface area contributed by atoms with Gasteiger partial charge in [0.1, 0.15) is 17.3 Å². The molecular weight excluding hydrogens is 246 g/mol. The molecule has 0 radical (unpaired) electrons. The van der Waals surface area contributed by atoms with Gasteiger partial charge in [0.25, 0.3) is 0 Å². The second-order valence-electron chi connectivity index (χ2n) is 5.79. The van der Waals surface area contributed by atoms with Crippen LogP contribution in [0.1, 0.15) is 49.9 Å². The molecule has 1 aliphatic rings. The van der Waals surface area contributed by atoms with Crippen molar-refractivity contribution in [1.29, 1.82) is 0 Å². The van der Waals surface area contributed by atoms with Crippen LogP contribution in [0.15, 0.2) is 24.3 Å². The Hall–Kier alpha value is -1.77. The predicted octanol–water partition coefficient (Wildman–Crippen LogP) is 3.89. The van der Waals surface area contributed by atoms with Gasteiger partial charge in [-0.05, 0) is 24.8 Å². The third-order valence-corrected chi connectivity index (χ3v) is 4.53. The summed E-state index contributed by atoms with van der Waals surface area (Å²) in [4.78, 5) is 4.86. The molecule has 1 aromatic carbocycles. The molecule has 0 aliphatic heterocycles. The van der Waals surface area contributed by atoms with E-state index in [9.17, 15) is 0 Å². The Balaban J connectivity index is 1.98. The molecule has 3 heteroatoms. The van der Waals surface area contributed by atoms with Crippen LogP contribution in [0, 0.1) is 0 Å². The molecule has 1 fully saturated rings. The summed E-state index contributed by atoms with van der Waals surface area (Å²) < 4.78 is 2.08. The number of benzene rings is 1. The van der Waals surface area contributed by atoms with Gasteiger partial charge in [-0.15, -0.1) is 0 Å². The van der Waals surface area contributed by atoms with Gasteiger partial charge in [-0.2, -0.15) is 0 Å². The summed E-state index contributed by atoms with van der Waals surface area (Å²) in [6.07, 6.45) is 6.19. The number of aromatic nitrogens is 2. The average molecular weight is 269 g/mol. The minimum atomic E-state index is 0.589. The Kier molecular flexibility index (Phi) is 3.51. The van der Waals surface area contributed by atoms with Crippen molar-refractivity contribution in [2.75, 3.05) is 5.73 Å². The lowest BCUT2D eigenvalue weighted by Crippen LogP contribution is -2.05. The highest BCUT2D eigenvalue weighted by molar-refractivity contribution is 5.71. The molecule has 0 atom stereocenters. The van der Waals surface area contributed by atoms with Crippen molar-refractivity contribution in [3.8, 4) is 11.3 Å². The number of rotatable bonds is 3. The van der Waals surface area contributed by atoms with Gasteiger partial charge < -0.3 is 10.3 Å². The van der Waals surface area contributed by atoms with Crippen molar-refractivity contribution < 1.29 is 0 Å². The SMILES string of the molecule is CCc1ccc(-c2nc(C3CCCC3)n(C)c2N)cc1. The van der Waals surface area contributed by atoms with Gasteiger partial charge in [-0.1, -0.05) is 44.0 Å². The molecule has 2 aromatic rings. The van der Waals surface area contributed by atoms with Crippen molar-refractivity contribution in [3.63, 3.8) is 0 Å². The molecule has 0 amide bonds. The summed E-state index contributed by atoms with van der Waals surface area (Å²) >= 11 is 0. The maximum Gasteiger partial charge on any atom is 0.131 e. The first kappa shape index (κ1) is 13.2. The van der Waals surface area contributed by atoms with E-state index < -0.39 is 0 Å². The van der Waals surface area contributed by atoms with Crippen LogP contribution < -0.4 is 5.73 Å². The molecule has 2 N–H and O–H groups in total. The molecule has 1 aliphatic carbocycles. The Morgan fingerprint density at radius 1 is 1.20 bits per heavy atom. The van der Waals surface area contributed by atoms with E-state index in [-0.39, 0.29) is 0 Å². The lowest BCUT2D eigenvalue weighted by Gasteiger charge is -2.08. The molecular formula is C17H23N3. The predicted molar refractivity (Wildman–Crippen MR) is 83.6 cm³/mol. The number of nitrogens with zero attached hydrogens (tertiary/aromatic N) is 2. The molecule has 3 nitrogen and oxygen atoms in total. The number of aryl methyl sites for hydroxylation is 1. The molecule has 0 unspecified atom stereocenters. The fraction of sp³-hybridized carbons (Fsp3) is 0.471. The highest BCUT2D eigenvalue weighted by Crippen LogP contribution is 2.36. The molecule has 1 saturated carbocycles. The highest BCUT2D eigenvalue weighted by Gasteiger charge is 2.24. The van der Waals surface area contributed by atoms with Crippen LogP contribution >= 0.6 is 0 Å². The van der Waals surface area contributed by atoms with Crippen LogP contribution in [-0.4, -0.2) is 9.55 Å². The van der Waals surface area contributed by atoms with Crippen LogP contribution in [-0.2, 0) is 13.5 Å². The van der Waals surface area contributed by atoms with Crippen LogP contribution in [0.4, 0.5) is 5.82 Å². The van der Waals surface area contributed by atoms with Crippen molar-refractivity contribution in [1.82, 2.24) is 9.55 Å². The topological polar surface area (TPSA) is 43.8 Å². The first-order chi connectivity index (χ1) is 9.70. The summed E-state index contributed by atoms with van der Waals surface area (Å²) in [5.74, 6) is 2.54. The van der Waals surface area contributed by atoms with Crippen LogP contribution in [0.3, 0.4) is 0 Å². The van der Waals surface area contributed by atoms with E-state index in [2.05, 4.69) is 35.8 Å². The van der Waals surface area contributed by atoms with Crippen LogP contribution in [0.25, 0.3) is 11.3 Å². The van der Waals surface area contributed by atoms with Gasteiger partial charge in [0.2, 0.25) is 0 Å². The Bertz CT molecular complexity index is 589. The monoisotopic (exact) mass is 269 g/mol. The van der Waals surface area contributed by atoms with Gasteiger partial charge in [-0.3, -0.25) is 0 Å². The van der Waals surface area contributed by atoms with Crippen molar-refractivity contribution in [3.05, 3.63) is 35.7 Å². The maximum absolute atomic E-state index is 6.27. The average Bonchev–Trinajstić information content (AvgIpc) is 3.10. The second-order valence-corrected chi connectivity index (χ2v) is 5.79. The van der Waals surface area contributed by atoms with E-state index in [1.807, 2.05) is 7.05 Å². The summed E-state index contributed by atoms with van der Waals surface area (Å²) in [7, 11) is 2.04. The Labute approximate surface area is 120 Å². The molecule has 106 valence electrons. The van der Waals surface area contributed by atoms with Crippen molar-refractivity contribution in [2.45, 2.75) is 44.9 Å². The number of nitrogens with two attached hydrogens (primary N) is 1. The number of nitrogen functional groups attached to an aromatic ring is 1. The maximum atomic E-state index is 6.27. The van der Waals surface area contributed by atoms with Crippen LogP contribution in [0.5, 0.6) is 0 Å². The third kappa shape index (κ3) is 2.21. The number of hydrogen-bond acceptors (Lipinski definition) is 2. The summed E-state index contributed by atoms with van der Waals surface area (Å²) in [5, 5.41) is 0. The van der Waals surface area contributed by atoms with E-state index in [0.29, 0.717) is 5.92 Å². The summed E-state index contributed by atoms with van der Waals surface area (Å²) in [5.41, 5.74) is 9.69. The minimum Gasteiger partial charge on any atom is -0.383 e. The second kappa shape index (κ2) is 5.31. The molecule has 20 heavy (non-hydrogen) atoms. The van der Waals surface area contributed by atoms with Crippen molar-refractivity contribution >= 4 is 5.82 Å². The number of anilines is 1. The van der Waals surface area contributed by atoms with Gasteiger partial charge in [-0.25, -0.2) is 4.98 Å². The summed E-state index contributed by atoms with van der Waals surface area (Å²) in [6, 6.07) is 8.60. The van der Waals surface area contributed by atoms with Gasteiger partial charge in [0.05, 0.1) is 0 Å². The van der Waals surface area contributed by atoms with Crippen molar-refractivity contribution in [2.24, 2.45) is 7.05 Å². The zero-order valence-electron chi connectivity index (χ0n) is 12.4. The normalized spacial score (nSPS) is 15.9. The first-order valence-corrected chi connectivity index (χ1v) is 7.62. The third-order valence-electron chi connectivity index (χ3n) is 4.53. The lowest BCUT2D eigenvalue weighted by atomic mass is 10.1. The van der Waals surface area contributed by atoms with Gasteiger partial charge in [0, 0.05) is 18.5 Å². The number of hydrogen-bond donors (Lipinski definition) is 1. The smallest absolute Gasteiger partial charge is 0.131 e. The Morgan fingerprint density at radius 3 is 2.45 bits per heavy atom. The van der Waals surface area contributed by atoms with E-state index in [0.717, 1.165) is 29.3 Å². The zero-order chi connectivity index (χ0) is 14.1. The molecule has 1 aromatic heterocycles. The molecule has 3 rings (SSSR count). The standard InChI is InChI=1S/C17H23N3/c1-3-12-8-10-13(11-9-12)15-16(18)20(2)17(19-15)14-6-4-5-7-14/h8-11,14H,3-7,18H2,1-2H3. The quantitative estimate of drug-likeness (QED) is 0.918. The van der Waals surface area contributed by atoms with E-state index >= 15 is 0 Å². The zero-order valence-corrected chi connectivity index (χ0v) is 12.4. The Morgan fingerprint density at radius 2 is 1.85 bits per heavy atom. The molecule has 1 heterocycles. The first-order valence-electron chi connectivity index (χ1n) is 7.62. The molecule has 0 bridgehead atoms. The largest absolute Gasteiger partial charge is 0.383 e. The molecule has 0 saturated heterocycles. The minimum absolute atomic E-state index is 0.589. The van der Waals surface area contributed by atoms with E-state index in [1.165, 1.54) is 31.2 Å². The fourth-order valence-corrected chi connectivity index (χ4v) is 3.19.